The number of hydrogen-bond acceptors (Lipinski definition) is 6. The Morgan fingerprint density at radius 1 is 1.35 bits per heavy atom. The zero-order chi connectivity index (χ0) is 22.0. The van der Waals surface area contributed by atoms with Crippen molar-refractivity contribution in [3.63, 3.8) is 0 Å². The Balaban J connectivity index is 1.65. The molecule has 4 aliphatic rings. The van der Waals surface area contributed by atoms with E-state index in [2.05, 4.69) is 19.9 Å². The molecule has 1 aromatic rings. The number of methoxy groups -OCH3 is 1. The maximum absolute atomic E-state index is 14.2. The van der Waals surface area contributed by atoms with Gasteiger partial charge in [0.1, 0.15) is 0 Å². The van der Waals surface area contributed by atoms with E-state index in [0.717, 1.165) is 43.4 Å². The first-order valence-corrected chi connectivity index (χ1v) is 11.2. The van der Waals surface area contributed by atoms with Crippen LogP contribution in [0.1, 0.15) is 49.8 Å². The molecule has 2 aliphatic heterocycles. The highest BCUT2D eigenvalue weighted by Gasteiger charge is 2.68. The topological polar surface area (TPSA) is 101 Å². The number of guanidine groups is 1. The molecular formula is C24H30N4O3. The van der Waals surface area contributed by atoms with Gasteiger partial charge in [0, 0.05) is 19.1 Å². The van der Waals surface area contributed by atoms with E-state index >= 15 is 0 Å². The normalized spacial score (nSPS) is 38.8. The van der Waals surface area contributed by atoms with Crippen LogP contribution >= 0.6 is 0 Å². The second kappa shape index (κ2) is 7.04. The zero-order valence-electron chi connectivity index (χ0n) is 18.4. The van der Waals surface area contributed by atoms with Crippen LogP contribution in [0.3, 0.4) is 0 Å². The van der Waals surface area contributed by atoms with E-state index in [0.29, 0.717) is 12.1 Å². The summed E-state index contributed by atoms with van der Waals surface area (Å²) in [6.45, 7) is 5.57. The lowest BCUT2D eigenvalue weighted by atomic mass is 9.56. The highest BCUT2D eigenvalue weighted by Crippen LogP contribution is 2.63. The minimum Gasteiger partial charge on any atom is -0.381 e. The van der Waals surface area contributed by atoms with Gasteiger partial charge in [-0.25, -0.2) is 4.99 Å². The Morgan fingerprint density at radius 2 is 2.06 bits per heavy atom. The second-order valence-corrected chi connectivity index (χ2v) is 9.88. The fraction of sp³-hybridized carbons (Fsp3) is 0.625. The number of benzene rings is 1. The van der Waals surface area contributed by atoms with E-state index in [1.165, 1.54) is 0 Å². The number of nitrogens with two attached hydrogens (primary N) is 1. The molecule has 6 atom stereocenters. The van der Waals surface area contributed by atoms with Crippen LogP contribution < -0.4 is 5.73 Å². The van der Waals surface area contributed by atoms with Gasteiger partial charge in [0.05, 0.1) is 30.4 Å². The van der Waals surface area contributed by atoms with Crippen LogP contribution in [-0.4, -0.2) is 49.2 Å². The fourth-order valence-corrected chi connectivity index (χ4v) is 6.84. The molecule has 2 heterocycles. The Bertz CT molecular complexity index is 983. The maximum atomic E-state index is 14.2. The van der Waals surface area contributed by atoms with Crippen LogP contribution in [0.25, 0.3) is 0 Å². The predicted octanol–water partition coefficient (Wildman–Crippen LogP) is 2.32. The summed E-state index contributed by atoms with van der Waals surface area (Å²) in [6, 6.07) is 7.93. The van der Waals surface area contributed by atoms with Crippen molar-refractivity contribution in [1.29, 1.82) is 5.26 Å². The fourth-order valence-electron chi connectivity index (χ4n) is 6.84. The number of ether oxygens (including phenoxy) is 2. The van der Waals surface area contributed by atoms with Crippen LogP contribution in [0.15, 0.2) is 23.2 Å². The van der Waals surface area contributed by atoms with Gasteiger partial charge in [-0.05, 0) is 60.8 Å². The second-order valence-electron chi connectivity index (χ2n) is 9.88. The minimum atomic E-state index is -1.08. The Hall–Kier alpha value is -2.43. The number of fused-ring (bicyclic) bond motifs is 3. The summed E-state index contributed by atoms with van der Waals surface area (Å²) in [5.74, 6) is 0.765. The lowest BCUT2D eigenvalue weighted by Crippen LogP contribution is -2.56. The average Bonchev–Trinajstić information content (AvgIpc) is 3.10. The molecule has 1 saturated heterocycles. The van der Waals surface area contributed by atoms with Crippen LogP contribution in [-0.2, 0) is 26.2 Å². The molecule has 5 rings (SSSR count). The van der Waals surface area contributed by atoms with Gasteiger partial charge in [-0.3, -0.25) is 9.69 Å². The molecule has 7 heteroatoms. The van der Waals surface area contributed by atoms with Crippen LogP contribution in [0.5, 0.6) is 0 Å². The number of carbonyl (C=O) groups is 1. The summed E-state index contributed by atoms with van der Waals surface area (Å²) in [4.78, 5) is 20.8. The third-order valence-electron chi connectivity index (χ3n) is 8.04. The third kappa shape index (κ3) is 2.71. The average molecular weight is 423 g/mol. The molecule has 0 bridgehead atoms. The highest BCUT2D eigenvalue weighted by atomic mass is 16.5. The molecular weight excluding hydrogens is 392 g/mol. The Morgan fingerprint density at radius 3 is 2.65 bits per heavy atom. The van der Waals surface area contributed by atoms with Crippen molar-refractivity contribution >= 4 is 11.9 Å². The molecule has 2 N–H and O–H groups in total. The molecule has 31 heavy (non-hydrogen) atoms. The first-order chi connectivity index (χ1) is 14.8. The SMILES string of the molecule is COC1[C@H](C)CC2(Cc3ccc(C#N)cc3[C@]23N=C(N)N(C[C@@H]2CCO2)C3=O)C[C@@H]1C. The molecule has 2 aliphatic carbocycles. The van der Waals surface area contributed by atoms with E-state index in [-0.39, 0.29) is 41.3 Å². The van der Waals surface area contributed by atoms with Crippen molar-refractivity contribution in [2.45, 2.75) is 57.3 Å². The molecule has 1 saturated carbocycles. The largest absolute Gasteiger partial charge is 0.381 e. The van der Waals surface area contributed by atoms with E-state index < -0.39 is 5.54 Å². The van der Waals surface area contributed by atoms with Crippen molar-refractivity contribution in [2.75, 3.05) is 20.3 Å². The smallest absolute Gasteiger partial charge is 0.262 e. The molecule has 0 aromatic heterocycles. The summed E-state index contributed by atoms with van der Waals surface area (Å²) in [7, 11) is 1.77. The molecule has 2 spiro atoms. The zero-order valence-corrected chi connectivity index (χ0v) is 18.4. The van der Waals surface area contributed by atoms with Crippen molar-refractivity contribution in [2.24, 2.45) is 28.0 Å². The van der Waals surface area contributed by atoms with Crippen LogP contribution in [0, 0.1) is 28.6 Å². The maximum Gasteiger partial charge on any atom is 0.262 e. The van der Waals surface area contributed by atoms with Gasteiger partial charge >= 0.3 is 0 Å². The first-order valence-electron chi connectivity index (χ1n) is 11.2. The highest BCUT2D eigenvalue weighted by molar-refractivity contribution is 6.08. The number of nitrogens with zero attached hydrogens (tertiary/aromatic N) is 3. The third-order valence-corrected chi connectivity index (χ3v) is 8.04. The van der Waals surface area contributed by atoms with Crippen LogP contribution in [0.2, 0.25) is 0 Å². The van der Waals surface area contributed by atoms with E-state index in [1.54, 1.807) is 12.0 Å². The van der Waals surface area contributed by atoms with E-state index in [9.17, 15) is 10.1 Å². The van der Waals surface area contributed by atoms with Crippen LogP contribution in [0.4, 0.5) is 0 Å². The van der Waals surface area contributed by atoms with Crippen molar-refractivity contribution in [3.05, 3.63) is 34.9 Å². The lowest BCUT2D eigenvalue weighted by molar-refractivity contribution is -0.145. The van der Waals surface area contributed by atoms with Gasteiger partial charge in [0.2, 0.25) is 0 Å². The van der Waals surface area contributed by atoms with Gasteiger partial charge in [0.25, 0.3) is 5.91 Å². The van der Waals surface area contributed by atoms with Gasteiger partial charge in [0.15, 0.2) is 11.5 Å². The van der Waals surface area contributed by atoms with Crippen molar-refractivity contribution < 1.29 is 14.3 Å². The van der Waals surface area contributed by atoms with Gasteiger partial charge in [-0.2, -0.15) is 5.26 Å². The molecule has 1 aromatic carbocycles. The molecule has 0 radical (unpaired) electrons. The van der Waals surface area contributed by atoms with Gasteiger partial charge in [-0.15, -0.1) is 0 Å². The predicted molar refractivity (Wildman–Crippen MR) is 115 cm³/mol. The summed E-state index contributed by atoms with van der Waals surface area (Å²) in [5.41, 5.74) is 7.44. The molecule has 2 fully saturated rings. The summed E-state index contributed by atoms with van der Waals surface area (Å²) >= 11 is 0. The number of amides is 1. The number of carbonyl (C=O) groups excluding carboxylic acids is 1. The molecule has 1 amide bonds. The minimum absolute atomic E-state index is 0.0113. The van der Waals surface area contributed by atoms with Gasteiger partial charge < -0.3 is 15.2 Å². The van der Waals surface area contributed by atoms with Crippen molar-refractivity contribution in [3.8, 4) is 6.07 Å². The summed E-state index contributed by atoms with van der Waals surface area (Å²) < 4.78 is 11.4. The summed E-state index contributed by atoms with van der Waals surface area (Å²) in [6.07, 6.45) is 3.49. The van der Waals surface area contributed by atoms with Crippen molar-refractivity contribution in [1.82, 2.24) is 4.90 Å². The quantitative estimate of drug-likeness (QED) is 0.806. The Kier molecular flexibility index (Phi) is 4.65. The lowest BCUT2D eigenvalue weighted by Gasteiger charge is -2.50. The first kappa shape index (κ1) is 20.5. The number of hydrogen-bond donors (Lipinski definition) is 1. The molecule has 7 nitrogen and oxygen atoms in total. The molecule has 164 valence electrons. The standard InChI is InChI=1S/C24H30N4O3/c1-14-9-23(10-15(2)20(14)30-3)11-17-5-4-16(12-25)8-19(17)24(23)21(29)28(22(26)27-24)13-18-6-7-31-18/h4-5,8,14-15,18,20H,6-7,9-11,13H2,1-3H3,(H2,26,27)/t14-,15+,18-,20?,23?,24+/m0/s1. The monoisotopic (exact) mass is 422 g/mol. The Labute approximate surface area is 183 Å². The number of nitriles is 1. The molecule has 2 unspecified atom stereocenters. The summed E-state index contributed by atoms with van der Waals surface area (Å²) in [5, 5.41) is 9.54. The number of aliphatic imine (C=N–C) groups is 1. The van der Waals surface area contributed by atoms with E-state index in [4.69, 9.17) is 20.2 Å². The number of rotatable bonds is 3. The van der Waals surface area contributed by atoms with E-state index in [1.807, 2.05) is 18.2 Å². The van der Waals surface area contributed by atoms with Gasteiger partial charge in [-0.1, -0.05) is 19.9 Å².